The number of amides is 1. The topological polar surface area (TPSA) is 61.3 Å². The summed E-state index contributed by atoms with van der Waals surface area (Å²) >= 11 is 0. The maximum Gasteiger partial charge on any atom is 0.259 e. The van der Waals surface area contributed by atoms with E-state index in [9.17, 15) is 9.59 Å². The number of hydrogen-bond donors (Lipinski definition) is 1. The van der Waals surface area contributed by atoms with Gasteiger partial charge in [0.2, 0.25) is 0 Å². The van der Waals surface area contributed by atoms with Crippen molar-refractivity contribution in [1.29, 1.82) is 0 Å². The lowest BCUT2D eigenvalue weighted by Crippen LogP contribution is -2.40. The number of carbonyl (C=O) groups is 1. The highest BCUT2D eigenvalue weighted by atomic mass is 16.2. The van der Waals surface area contributed by atoms with Gasteiger partial charge in [-0.3, -0.25) is 14.5 Å². The van der Waals surface area contributed by atoms with Crippen molar-refractivity contribution in [3.05, 3.63) is 68.8 Å². The predicted octanol–water partition coefficient (Wildman–Crippen LogP) is 3.88. The molecule has 2 aliphatic rings. The van der Waals surface area contributed by atoms with E-state index in [1.54, 1.807) is 6.07 Å². The molecule has 0 aliphatic carbocycles. The predicted molar refractivity (Wildman–Crippen MR) is 132 cm³/mol. The van der Waals surface area contributed by atoms with Crippen molar-refractivity contribution < 1.29 is 4.79 Å². The van der Waals surface area contributed by atoms with Gasteiger partial charge in [0, 0.05) is 53.2 Å². The van der Waals surface area contributed by atoms with Crippen molar-refractivity contribution in [1.82, 2.24) is 19.4 Å². The van der Waals surface area contributed by atoms with Crippen LogP contribution in [-0.2, 0) is 25.9 Å². The number of nitrogens with zero attached hydrogens (tertiary/aromatic N) is 3. The van der Waals surface area contributed by atoms with E-state index < -0.39 is 0 Å². The highest BCUT2D eigenvalue weighted by molar-refractivity contribution is 5.96. The maximum atomic E-state index is 13.7. The normalized spacial score (nSPS) is 18.8. The highest BCUT2D eigenvalue weighted by Crippen LogP contribution is 2.28. The number of benzene rings is 1. The van der Waals surface area contributed by atoms with Crippen LogP contribution in [0.1, 0.15) is 59.7 Å². The summed E-state index contributed by atoms with van der Waals surface area (Å²) in [6, 6.07) is 10.4. The van der Waals surface area contributed by atoms with Crippen molar-refractivity contribution >= 4 is 16.8 Å². The summed E-state index contributed by atoms with van der Waals surface area (Å²) in [7, 11) is 0. The van der Waals surface area contributed by atoms with Crippen molar-refractivity contribution in [3.8, 4) is 0 Å². The molecule has 1 saturated heterocycles. The second-order valence-corrected chi connectivity index (χ2v) is 9.46. The maximum absolute atomic E-state index is 13.7. The van der Waals surface area contributed by atoms with E-state index in [4.69, 9.17) is 0 Å². The van der Waals surface area contributed by atoms with Gasteiger partial charge in [-0.05, 0) is 57.3 Å². The number of H-pyrrole nitrogens is 1. The fourth-order valence-electron chi connectivity index (χ4n) is 5.93. The van der Waals surface area contributed by atoms with Gasteiger partial charge in [0.15, 0.2) is 5.43 Å². The third-order valence-corrected chi connectivity index (χ3v) is 7.64. The van der Waals surface area contributed by atoms with E-state index in [0.29, 0.717) is 31.1 Å². The summed E-state index contributed by atoms with van der Waals surface area (Å²) in [5, 5.41) is 1.24. The Morgan fingerprint density at radius 3 is 2.79 bits per heavy atom. The molecule has 2 aromatic heterocycles. The molecule has 0 bridgehead atoms. The summed E-state index contributed by atoms with van der Waals surface area (Å²) in [5.41, 5.74) is 5.55. The highest BCUT2D eigenvalue weighted by Gasteiger charge is 2.30. The quantitative estimate of drug-likeness (QED) is 0.647. The van der Waals surface area contributed by atoms with Crippen molar-refractivity contribution in [2.45, 2.75) is 65.6 Å². The number of rotatable bonds is 5. The van der Waals surface area contributed by atoms with Gasteiger partial charge in [-0.2, -0.15) is 0 Å². The first-order valence-electron chi connectivity index (χ1n) is 12.4. The monoisotopic (exact) mass is 446 g/mol. The standard InChI is InChI=1S/C27H34N4O2/c1-4-24-26(25(32)15-18(3)31(24)16-19-9-8-13-29(19)5-2)27(33)30-14-12-21-20-10-6-7-11-22(20)28-23(21)17-30/h6-7,10-11,15,19,28H,4-5,8-9,12-14,16-17H2,1-3H3/t19-/m1/s1. The SMILES string of the molecule is CCc1c(C(=O)N2CCc3c([nH]c4ccccc34)C2)c(=O)cc(C)n1C[C@H]1CCCN1CC. The average Bonchev–Trinajstić information content (AvgIpc) is 3.43. The van der Waals surface area contributed by atoms with E-state index in [1.807, 2.05) is 17.9 Å². The van der Waals surface area contributed by atoms with Crippen LogP contribution >= 0.6 is 0 Å². The van der Waals surface area contributed by atoms with Crippen LogP contribution in [0.5, 0.6) is 0 Å². The van der Waals surface area contributed by atoms with Gasteiger partial charge >= 0.3 is 0 Å². The first-order chi connectivity index (χ1) is 16.0. The summed E-state index contributed by atoms with van der Waals surface area (Å²) in [6.07, 6.45) is 3.86. The van der Waals surface area contributed by atoms with Crippen LogP contribution in [0.2, 0.25) is 0 Å². The van der Waals surface area contributed by atoms with E-state index in [2.05, 4.69) is 46.5 Å². The van der Waals surface area contributed by atoms with Gasteiger partial charge in [0.1, 0.15) is 5.56 Å². The number of carbonyl (C=O) groups excluding carboxylic acids is 1. The molecule has 5 rings (SSSR count). The molecule has 1 fully saturated rings. The lowest BCUT2D eigenvalue weighted by atomic mass is 10.0. The number of aromatic nitrogens is 2. The van der Waals surface area contributed by atoms with Gasteiger partial charge in [0.25, 0.3) is 5.91 Å². The van der Waals surface area contributed by atoms with Crippen molar-refractivity contribution in [3.63, 3.8) is 0 Å². The Labute approximate surface area is 195 Å². The van der Waals surface area contributed by atoms with E-state index >= 15 is 0 Å². The van der Waals surface area contributed by atoms with Crippen LogP contribution in [0.15, 0.2) is 35.1 Å². The molecule has 1 N–H and O–H groups in total. The number of para-hydroxylation sites is 1. The fraction of sp³-hybridized carbons (Fsp3) is 0.481. The Balaban J connectivity index is 1.48. The van der Waals surface area contributed by atoms with Crippen LogP contribution in [0.4, 0.5) is 0 Å². The molecule has 6 nitrogen and oxygen atoms in total. The van der Waals surface area contributed by atoms with E-state index in [-0.39, 0.29) is 11.3 Å². The lowest BCUT2D eigenvalue weighted by molar-refractivity contribution is 0.0729. The van der Waals surface area contributed by atoms with Gasteiger partial charge in [-0.1, -0.05) is 32.0 Å². The average molecular weight is 447 g/mol. The minimum absolute atomic E-state index is 0.131. The van der Waals surface area contributed by atoms with E-state index in [1.165, 1.54) is 23.8 Å². The molecule has 3 aromatic rings. The number of fused-ring (bicyclic) bond motifs is 3. The smallest absolute Gasteiger partial charge is 0.259 e. The van der Waals surface area contributed by atoms with Crippen LogP contribution in [-0.4, -0.2) is 50.9 Å². The lowest BCUT2D eigenvalue weighted by Gasteiger charge is -2.30. The van der Waals surface area contributed by atoms with Crippen molar-refractivity contribution in [2.24, 2.45) is 0 Å². The Bertz CT molecular complexity index is 1250. The largest absolute Gasteiger partial charge is 0.357 e. The molecular formula is C27H34N4O2. The number of likely N-dealkylation sites (N-methyl/N-ethyl adjacent to an activating group) is 1. The zero-order chi connectivity index (χ0) is 23.1. The minimum Gasteiger partial charge on any atom is -0.357 e. The minimum atomic E-state index is -0.146. The molecule has 0 spiro atoms. The summed E-state index contributed by atoms with van der Waals surface area (Å²) in [6.45, 7) is 10.4. The molecule has 6 heteroatoms. The molecule has 2 aliphatic heterocycles. The first-order valence-corrected chi connectivity index (χ1v) is 12.4. The summed E-state index contributed by atoms with van der Waals surface area (Å²) in [4.78, 5) is 34.7. The Morgan fingerprint density at radius 1 is 1.18 bits per heavy atom. The number of nitrogens with one attached hydrogen (secondary N) is 1. The number of aryl methyl sites for hydroxylation is 1. The first kappa shape index (κ1) is 22.0. The summed E-state index contributed by atoms with van der Waals surface area (Å²) in [5.74, 6) is -0.131. The molecule has 1 amide bonds. The van der Waals surface area contributed by atoms with Crippen LogP contribution in [0.25, 0.3) is 10.9 Å². The number of aromatic amines is 1. The van der Waals surface area contributed by atoms with Crippen LogP contribution < -0.4 is 5.43 Å². The second kappa shape index (κ2) is 8.82. The molecule has 33 heavy (non-hydrogen) atoms. The molecule has 0 radical (unpaired) electrons. The number of pyridine rings is 1. The van der Waals surface area contributed by atoms with Gasteiger partial charge in [-0.25, -0.2) is 0 Å². The van der Waals surface area contributed by atoms with Crippen LogP contribution in [0.3, 0.4) is 0 Å². The second-order valence-electron chi connectivity index (χ2n) is 9.46. The summed E-state index contributed by atoms with van der Waals surface area (Å²) < 4.78 is 2.24. The zero-order valence-corrected chi connectivity index (χ0v) is 20.0. The van der Waals surface area contributed by atoms with E-state index in [0.717, 1.165) is 48.7 Å². The Kier molecular flexibility index (Phi) is 5.87. The van der Waals surface area contributed by atoms with Crippen molar-refractivity contribution in [2.75, 3.05) is 19.6 Å². The van der Waals surface area contributed by atoms with Gasteiger partial charge in [-0.15, -0.1) is 0 Å². The zero-order valence-electron chi connectivity index (χ0n) is 20.0. The molecule has 174 valence electrons. The molecule has 1 aromatic carbocycles. The molecular weight excluding hydrogens is 412 g/mol. The third kappa shape index (κ3) is 3.80. The van der Waals surface area contributed by atoms with Gasteiger partial charge < -0.3 is 14.5 Å². The fourth-order valence-corrected chi connectivity index (χ4v) is 5.93. The van der Waals surface area contributed by atoms with Gasteiger partial charge in [0.05, 0.1) is 6.54 Å². The Morgan fingerprint density at radius 2 is 2.00 bits per heavy atom. The van der Waals surface area contributed by atoms with Crippen LogP contribution in [0, 0.1) is 6.92 Å². The Hall–Kier alpha value is -2.86. The molecule has 0 saturated carbocycles. The molecule has 0 unspecified atom stereocenters. The number of likely N-dealkylation sites (tertiary alicyclic amines) is 1. The molecule has 1 atom stereocenters. The molecule has 4 heterocycles. The number of hydrogen-bond acceptors (Lipinski definition) is 3. The third-order valence-electron chi connectivity index (χ3n) is 7.64.